The van der Waals surface area contributed by atoms with Crippen molar-refractivity contribution in [2.24, 2.45) is 7.05 Å². The fourth-order valence-corrected chi connectivity index (χ4v) is 6.36. The standard InChI is InChI=1S/C27H34N4O5S/c1-27(2,3)36-26(33)30-10-8-19(9-11-30)31-14-18-13-28-25(32)24-23(18)21(15-29(24)4)20-12-17(6-7-22(20)31)16-37(5,34)35/h6-7,12-13,15,19H,8-11,14,16H2,1-5H3,(H,28,32). The summed E-state index contributed by atoms with van der Waals surface area (Å²) < 4.78 is 31.5. The van der Waals surface area contributed by atoms with Crippen molar-refractivity contribution < 1.29 is 17.9 Å². The first-order valence-electron chi connectivity index (χ1n) is 12.6. The number of aromatic nitrogens is 2. The zero-order valence-corrected chi connectivity index (χ0v) is 22.8. The molecule has 9 nitrogen and oxygen atoms in total. The van der Waals surface area contributed by atoms with Gasteiger partial charge >= 0.3 is 6.09 Å². The summed E-state index contributed by atoms with van der Waals surface area (Å²) in [5.74, 6) is -0.0488. The topological polar surface area (TPSA) is 105 Å². The first-order chi connectivity index (χ1) is 17.3. The fourth-order valence-electron chi connectivity index (χ4n) is 5.57. The number of piperidine rings is 1. The van der Waals surface area contributed by atoms with E-state index in [1.54, 1.807) is 11.1 Å². The van der Waals surface area contributed by atoms with Gasteiger partial charge in [0.05, 0.1) is 5.75 Å². The number of nitrogens with zero attached hydrogens (tertiary/aromatic N) is 3. The SMILES string of the molecule is Cn1cc2c3c(c[nH]c(=O)c31)CN(C1CCN(C(=O)OC(C)(C)C)CC1)c1ccc(CS(C)(=O)=O)cc1-2. The summed E-state index contributed by atoms with van der Waals surface area (Å²) in [4.78, 5) is 32.4. The van der Waals surface area contributed by atoms with Crippen molar-refractivity contribution in [1.29, 1.82) is 0 Å². The van der Waals surface area contributed by atoms with Gasteiger partial charge in [-0.3, -0.25) is 4.79 Å². The van der Waals surface area contributed by atoms with Gasteiger partial charge in [0.2, 0.25) is 0 Å². The Morgan fingerprint density at radius 1 is 1.16 bits per heavy atom. The van der Waals surface area contributed by atoms with Gasteiger partial charge in [-0.2, -0.15) is 0 Å². The minimum atomic E-state index is -3.21. The van der Waals surface area contributed by atoms with E-state index in [2.05, 4.69) is 9.88 Å². The predicted molar refractivity (Wildman–Crippen MR) is 145 cm³/mol. The van der Waals surface area contributed by atoms with Crippen LogP contribution in [0.2, 0.25) is 0 Å². The number of nitrogens with one attached hydrogen (secondary N) is 1. The van der Waals surface area contributed by atoms with Crippen LogP contribution in [-0.4, -0.2) is 60.0 Å². The Bertz CT molecular complexity index is 1540. The normalized spacial score (nSPS) is 16.6. The van der Waals surface area contributed by atoms with Gasteiger partial charge in [0.15, 0.2) is 9.84 Å². The summed E-state index contributed by atoms with van der Waals surface area (Å²) in [6.07, 6.45) is 6.24. The van der Waals surface area contributed by atoms with Crippen LogP contribution in [0.3, 0.4) is 0 Å². The van der Waals surface area contributed by atoms with Crippen molar-refractivity contribution in [3.05, 3.63) is 52.1 Å². The van der Waals surface area contributed by atoms with E-state index in [1.807, 2.05) is 56.8 Å². The maximum Gasteiger partial charge on any atom is 0.410 e. The molecule has 1 saturated heterocycles. The minimum absolute atomic E-state index is 0.0488. The Labute approximate surface area is 216 Å². The molecule has 37 heavy (non-hydrogen) atoms. The highest BCUT2D eigenvalue weighted by molar-refractivity contribution is 7.89. The van der Waals surface area contributed by atoms with E-state index in [4.69, 9.17) is 4.74 Å². The van der Waals surface area contributed by atoms with Crippen LogP contribution in [0.25, 0.3) is 22.0 Å². The molecular weight excluding hydrogens is 492 g/mol. The van der Waals surface area contributed by atoms with Crippen LogP contribution in [0.1, 0.15) is 44.7 Å². The predicted octanol–water partition coefficient (Wildman–Crippen LogP) is 3.80. The molecule has 4 heterocycles. The quantitative estimate of drug-likeness (QED) is 0.557. The monoisotopic (exact) mass is 526 g/mol. The number of carbonyl (C=O) groups is 1. The van der Waals surface area contributed by atoms with Gasteiger partial charge < -0.3 is 24.1 Å². The third-order valence-electron chi connectivity index (χ3n) is 7.08. The van der Waals surface area contributed by atoms with E-state index in [9.17, 15) is 18.0 Å². The molecule has 5 rings (SSSR count). The lowest BCUT2D eigenvalue weighted by Crippen LogP contribution is -2.48. The molecule has 2 aromatic heterocycles. The fraction of sp³-hybridized carbons (Fsp3) is 0.481. The maximum absolute atomic E-state index is 12.7. The van der Waals surface area contributed by atoms with Gasteiger partial charge in [0.25, 0.3) is 5.56 Å². The average molecular weight is 527 g/mol. The number of ether oxygens (including phenoxy) is 1. The van der Waals surface area contributed by atoms with Crippen LogP contribution in [0.15, 0.2) is 35.4 Å². The Balaban J connectivity index is 1.54. The molecule has 1 fully saturated rings. The van der Waals surface area contributed by atoms with Crippen molar-refractivity contribution in [3.63, 3.8) is 0 Å². The van der Waals surface area contributed by atoms with Gasteiger partial charge in [-0.25, -0.2) is 13.2 Å². The number of H-pyrrole nitrogens is 1. The van der Waals surface area contributed by atoms with Crippen molar-refractivity contribution in [2.45, 2.75) is 57.6 Å². The van der Waals surface area contributed by atoms with Gasteiger partial charge in [-0.05, 0) is 56.9 Å². The molecule has 0 atom stereocenters. The second-order valence-corrected chi connectivity index (χ2v) is 13.4. The van der Waals surface area contributed by atoms with Crippen LogP contribution < -0.4 is 10.5 Å². The van der Waals surface area contributed by atoms with Gasteiger partial charge in [0, 0.05) is 73.6 Å². The second kappa shape index (κ2) is 8.93. The molecule has 198 valence electrons. The summed E-state index contributed by atoms with van der Waals surface area (Å²) in [7, 11) is -1.35. The molecule has 3 aromatic rings. The van der Waals surface area contributed by atoms with Crippen molar-refractivity contribution in [2.75, 3.05) is 24.2 Å². The molecule has 0 saturated carbocycles. The number of hydrogen-bond acceptors (Lipinski definition) is 6. The van der Waals surface area contributed by atoms with Crippen LogP contribution in [-0.2, 0) is 33.9 Å². The van der Waals surface area contributed by atoms with Gasteiger partial charge in [-0.1, -0.05) is 6.07 Å². The zero-order chi connectivity index (χ0) is 26.7. The lowest BCUT2D eigenvalue weighted by atomic mass is 9.98. The molecule has 0 bridgehead atoms. The number of rotatable bonds is 3. The average Bonchev–Trinajstić information content (AvgIpc) is 3.08. The van der Waals surface area contributed by atoms with Gasteiger partial charge in [0.1, 0.15) is 11.1 Å². The Hall–Kier alpha value is -3.27. The third kappa shape index (κ3) is 4.99. The largest absolute Gasteiger partial charge is 0.444 e. The van der Waals surface area contributed by atoms with Crippen LogP contribution in [0, 0.1) is 0 Å². The highest BCUT2D eigenvalue weighted by atomic mass is 32.2. The number of sulfone groups is 1. The highest BCUT2D eigenvalue weighted by Gasteiger charge is 2.33. The number of likely N-dealkylation sites (tertiary alicyclic amines) is 1. The summed E-state index contributed by atoms with van der Waals surface area (Å²) in [5.41, 5.74) is 4.50. The highest BCUT2D eigenvalue weighted by Crippen LogP contribution is 2.43. The number of carbonyl (C=O) groups excluding carboxylic acids is 1. The van der Waals surface area contributed by atoms with Crippen molar-refractivity contribution in [1.82, 2.24) is 14.5 Å². The first-order valence-corrected chi connectivity index (χ1v) is 14.6. The number of hydrogen-bond donors (Lipinski definition) is 1. The van der Waals surface area contributed by atoms with E-state index in [1.165, 1.54) is 6.26 Å². The van der Waals surface area contributed by atoms with Gasteiger partial charge in [-0.15, -0.1) is 0 Å². The molecule has 0 aliphatic carbocycles. The maximum atomic E-state index is 12.7. The molecule has 2 aliphatic rings. The zero-order valence-electron chi connectivity index (χ0n) is 22.0. The Morgan fingerprint density at radius 2 is 1.86 bits per heavy atom. The molecule has 2 aliphatic heterocycles. The number of pyridine rings is 1. The molecule has 10 heteroatoms. The minimum Gasteiger partial charge on any atom is -0.444 e. The third-order valence-corrected chi connectivity index (χ3v) is 7.94. The molecule has 1 N–H and O–H groups in total. The number of aromatic amines is 1. The van der Waals surface area contributed by atoms with E-state index in [0.29, 0.717) is 30.7 Å². The van der Waals surface area contributed by atoms with Crippen LogP contribution >= 0.6 is 0 Å². The summed E-state index contributed by atoms with van der Waals surface area (Å²) >= 11 is 0. The molecule has 0 radical (unpaired) electrons. The Morgan fingerprint density at radius 3 is 2.51 bits per heavy atom. The van der Waals surface area contributed by atoms with E-state index >= 15 is 0 Å². The molecule has 1 aromatic carbocycles. The lowest BCUT2D eigenvalue weighted by molar-refractivity contribution is 0.0204. The summed E-state index contributed by atoms with van der Waals surface area (Å²) in [6.45, 7) is 7.38. The number of anilines is 1. The van der Waals surface area contributed by atoms with Crippen LogP contribution in [0.4, 0.5) is 10.5 Å². The Kier molecular flexibility index (Phi) is 6.13. The summed E-state index contributed by atoms with van der Waals surface area (Å²) in [6, 6.07) is 5.99. The second-order valence-electron chi connectivity index (χ2n) is 11.3. The molecular formula is C27H34N4O5S. The van der Waals surface area contributed by atoms with E-state index in [0.717, 1.165) is 40.6 Å². The molecule has 1 amide bonds. The number of amides is 1. The van der Waals surface area contributed by atoms with E-state index in [-0.39, 0.29) is 23.4 Å². The summed E-state index contributed by atoms with van der Waals surface area (Å²) in [5, 5.41) is 0.901. The smallest absolute Gasteiger partial charge is 0.410 e. The molecule has 0 spiro atoms. The molecule has 0 unspecified atom stereocenters. The lowest BCUT2D eigenvalue weighted by Gasteiger charge is -2.40. The number of fused-ring (bicyclic) bond motifs is 2. The van der Waals surface area contributed by atoms with Crippen molar-refractivity contribution >= 4 is 32.5 Å². The van der Waals surface area contributed by atoms with Crippen LogP contribution in [0.5, 0.6) is 0 Å². The number of aryl methyl sites for hydroxylation is 1. The number of benzene rings is 1. The first kappa shape index (κ1) is 25.4. The van der Waals surface area contributed by atoms with Crippen molar-refractivity contribution in [3.8, 4) is 11.1 Å². The van der Waals surface area contributed by atoms with E-state index < -0.39 is 15.4 Å².